The number of pyridine rings is 1. The Balaban J connectivity index is 1.67. The van der Waals surface area contributed by atoms with Gasteiger partial charge in [-0.1, -0.05) is 12.1 Å². The third kappa shape index (κ3) is 5.02. The Labute approximate surface area is 168 Å². The van der Waals surface area contributed by atoms with Gasteiger partial charge in [-0.3, -0.25) is 9.78 Å². The second-order valence-corrected chi connectivity index (χ2v) is 6.12. The highest BCUT2D eigenvalue weighted by Gasteiger charge is 2.10. The molecule has 0 atom stereocenters. The number of rotatable bonds is 7. The van der Waals surface area contributed by atoms with Crippen LogP contribution >= 0.6 is 0 Å². The number of nitrogens with one attached hydrogen (secondary N) is 2. The van der Waals surface area contributed by atoms with Gasteiger partial charge in [0.1, 0.15) is 5.69 Å². The molecule has 0 saturated carbocycles. The number of methoxy groups -OCH3 is 2. The standard InChI is InChI=1S/C22H20N4O3/c1-28-20-7-6-16(11-21(20)29-2)14-25-22(27)19-12-18(8-9-24-19)26-17-5-3-4-15(10-17)13-23/h3-12H,14H2,1-2H3,(H,24,26)(H,25,27). The van der Waals surface area contributed by atoms with Gasteiger partial charge in [-0.25, -0.2) is 0 Å². The van der Waals surface area contributed by atoms with Crippen molar-refractivity contribution in [2.75, 3.05) is 19.5 Å². The number of carbonyl (C=O) groups is 1. The fourth-order valence-corrected chi connectivity index (χ4v) is 2.73. The van der Waals surface area contributed by atoms with Crippen molar-refractivity contribution in [2.45, 2.75) is 6.54 Å². The average Bonchev–Trinajstić information content (AvgIpc) is 2.77. The molecule has 2 N–H and O–H groups in total. The zero-order valence-electron chi connectivity index (χ0n) is 16.1. The first-order chi connectivity index (χ1) is 14.1. The predicted octanol–water partition coefficient (Wildman–Crippen LogP) is 3.64. The van der Waals surface area contributed by atoms with Gasteiger partial charge in [0.25, 0.3) is 5.91 Å². The lowest BCUT2D eigenvalue weighted by Gasteiger charge is -2.11. The largest absolute Gasteiger partial charge is 0.493 e. The Morgan fingerprint density at radius 1 is 1.03 bits per heavy atom. The lowest BCUT2D eigenvalue weighted by Crippen LogP contribution is -2.23. The molecule has 0 aliphatic carbocycles. The molecule has 7 nitrogen and oxygen atoms in total. The SMILES string of the molecule is COc1ccc(CNC(=O)c2cc(Nc3cccc(C#N)c3)ccn2)cc1OC. The molecule has 0 bridgehead atoms. The quantitative estimate of drug-likeness (QED) is 0.641. The van der Waals surface area contributed by atoms with Crippen molar-refractivity contribution in [1.29, 1.82) is 5.26 Å². The van der Waals surface area contributed by atoms with Crippen molar-refractivity contribution in [3.63, 3.8) is 0 Å². The van der Waals surface area contributed by atoms with Crippen molar-refractivity contribution in [3.05, 3.63) is 77.6 Å². The minimum atomic E-state index is -0.297. The summed E-state index contributed by atoms with van der Waals surface area (Å²) in [6.45, 7) is 0.322. The maximum atomic E-state index is 12.5. The van der Waals surface area contributed by atoms with E-state index in [1.807, 2.05) is 18.2 Å². The number of ether oxygens (including phenoxy) is 2. The highest BCUT2D eigenvalue weighted by Crippen LogP contribution is 2.27. The first kappa shape index (κ1) is 19.7. The van der Waals surface area contributed by atoms with Crippen molar-refractivity contribution >= 4 is 17.3 Å². The summed E-state index contributed by atoms with van der Waals surface area (Å²) in [6, 6.07) is 18.1. The summed E-state index contributed by atoms with van der Waals surface area (Å²) in [5.41, 5.74) is 3.17. The van der Waals surface area contributed by atoms with Crippen molar-refractivity contribution in [3.8, 4) is 17.6 Å². The van der Waals surface area contributed by atoms with Crippen LogP contribution in [0.4, 0.5) is 11.4 Å². The van der Waals surface area contributed by atoms with Crippen molar-refractivity contribution in [1.82, 2.24) is 10.3 Å². The van der Waals surface area contributed by atoms with E-state index >= 15 is 0 Å². The number of nitrogens with zero attached hydrogens (tertiary/aromatic N) is 2. The molecule has 0 spiro atoms. The maximum absolute atomic E-state index is 12.5. The number of aromatic nitrogens is 1. The highest BCUT2D eigenvalue weighted by atomic mass is 16.5. The van der Waals surface area contributed by atoms with Gasteiger partial charge in [0.05, 0.1) is 25.9 Å². The number of anilines is 2. The normalized spacial score (nSPS) is 9.97. The summed E-state index contributed by atoms with van der Waals surface area (Å²) in [7, 11) is 3.14. The first-order valence-corrected chi connectivity index (χ1v) is 8.85. The smallest absolute Gasteiger partial charge is 0.270 e. The van der Waals surface area contributed by atoms with Crippen LogP contribution < -0.4 is 20.1 Å². The van der Waals surface area contributed by atoms with Crippen LogP contribution in [-0.2, 0) is 6.54 Å². The molecule has 0 unspecified atom stereocenters. The zero-order valence-corrected chi connectivity index (χ0v) is 16.1. The molecule has 7 heteroatoms. The van der Waals surface area contributed by atoms with E-state index in [1.165, 1.54) is 0 Å². The third-order valence-corrected chi connectivity index (χ3v) is 4.17. The molecule has 0 aliphatic heterocycles. The fourth-order valence-electron chi connectivity index (χ4n) is 2.73. The third-order valence-electron chi connectivity index (χ3n) is 4.17. The van der Waals surface area contributed by atoms with Crippen LogP contribution in [-0.4, -0.2) is 25.1 Å². The van der Waals surface area contributed by atoms with E-state index in [4.69, 9.17) is 14.7 Å². The second kappa shape index (κ2) is 9.24. The van der Waals surface area contributed by atoms with Gasteiger partial charge in [0.15, 0.2) is 11.5 Å². The molecule has 0 radical (unpaired) electrons. The van der Waals surface area contributed by atoms with Gasteiger partial charge in [-0.2, -0.15) is 5.26 Å². The van der Waals surface area contributed by atoms with Crippen LogP contribution in [0.1, 0.15) is 21.6 Å². The number of benzene rings is 2. The molecule has 29 heavy (non-hydrogen) atoms. The molecule has 3 rings (SSSR count). The molecule has 0 aliphatic rings. The van der Waals surface area contributed by atoms with E-state index < -0.39 is 0 Å². The van der Waals surface area contributed by atoms with E-state index in [0.717, 1.165) is 11.3 Å². The van der Waals surface area contributed by atoms with Crippen LogP contribution in [0.3, 0.4) is 0 Å². The van der Waals surface area contributed by atoms with Gasteiger partial charge >= 0.3 is 0 Å². The summed E-state index contributed by atoms with van der Waals surface area (Å²) < 4.78 is 10.5. The second-order valence-electron chi connectivity index (χ2n) is 6.12. The average molecular weight is 388 g/mol. The molecule has 0 fully saturated rings. The van der Waals surface area contributed by atoms with Gasteiger partial charge < -0.3 is 20.1 Å². The summed E-state index contributed by atoms with van der Waals surface area (Å²) in [5.74, 6) is 0.931. The lowest BCUT2D eigenvalue weighted by molar-refractivity contribution is 0.0946. The van der Waals surface area contributed by atoms with E-state index in [-0.39, 0.29) is 11.6 Å². The Morgan fingerprint density at radius 3 is 2.59 bits per heavy atom. The van der Waals surface area contributed by atoms with E-state index in [0.29, 0.717) is 29.3 Å². The Bertz CT molecular complexity index is 1060. The van der Waals surface area contributed by atoms with E-state index in [1.54, 1.807) is 56.8 Å². The van der Waals surface area contributed by atoms with Crippen LogP contribution in [0.2, 0.25) is 0 Å². The van der Waals surface area contributed by atoms with Gasteiger partial charge in [-0.05, 0) is 48.0 Å². The fraction of sp³-hybridized carbons (Fsp3) is 0.136. The molecule has 146 valence electrons. The summed E-state index contributed by atoms with van der Waals surface area (Å²) in [5, 5.41) is 15.0. The van der Waals surface area contributed by atoms with Crippen LogP contribution in [0.25, 0.3) is 0 Å². The summed E-state index contributed by atoms with van der Waals surface area (Å²) >= 11 is 0. The summed E-state index contributed by atoms with van der Waals surface area (Å²) in [6.07, 6.45) is 1.56. The minimum absolute atomic E-state index is 0.284. The molecule has 0 saturated heterocycles. The highest BCUT2D eigenvalue weighted by molar-refractivity contribution is 5.93. The van der Waals surface area contributed by atoms with Gasteiger partial charge in [0, 0.05) is 24.1 Å². The number of hydrogen-bond acceptors (Lipinski definition) is 6. The number of hydrogen-bond donors (Lipinski definition) is 2. The van der Waals surface area contributed by atoms with Crippen LogP contribution in [0.15, 0.2) is 60.8 Å². The minimum Gasteiger partial charge on any atom is -0.493 e. The molecule has 3 aromatic rings. The zero-order chi connectivity index (χ0) is 20.6. The van der Waals surface area contributed by atoms with Crippen molar-refractivity contribution < 1.29 is 14.3 Å². The predicted molar refractivity (Wildman–Crippen MR) is 109 cm³/mol. The number of nitriles is 1. The Kier molecular flexibility index (Phi) is 6.28. The number of amides is 1. The van der Waals surface area contributed by atoms with Crippen molar-refractivity contribution in [2.24, 2.45) is 0 Å². The Hall–Kier alpha value is -4.05. The molecule has 1 heterocycles. The molecule has 1 aromatic heterocycles. The topological polar surface area (TPSA) is 96.3 Å². The monoisotopic (exact) mass is 388 g/mol. The van der Waals surface area contributed by atoms with E-state index in [2.05, 4.69) is 21.7 Å². The van der Waals surface area contributed by atoms with Gasteiger partial charge in [-0.15, -0.1) is 0 Å². The molecular weight excluding hydrogens is 368 g/mol. The van der Waals surface area contributed by atoms with Gasteiger partial charge in [0.2, 0.25) is 0 Å². The Morgan fingerprint density at radius 2 is 1.83 bits per heavy atom. The first-order valence-electron chi connectivity index (χ1n) is 8.85. The van der Waals surface area contributed by atoms with E-state index in [9.17, 15) is 4.79 Å². The van der Waals surface area contributed by atoms with Crippen LogP contribution in [0, 0.1) is 11.3 Å². The summed E-state index contributed by atoms with van der Waals surface area (Å²) in [4.78, 5) is 16.6. The molecule has 2 aromatic carbocycles. The maximum Gasteiger partial charge on any atom is 0.270 e. The molecular formula is C22H20N4O3. The van der Waals surface area contributed by atoms with Crippen LogP contribution in [0.5, 0.6) is 11.5 Å². The lowest BCUT2D eigenvalue weighted by atomic mass is 10.2. The number of carbonyl (C=O) groups excluding carboxylic acids is 1. The molecule has 1 amide bonds.